The molecule has 1 amide bonds. The molecule has 0 fully saturated rings. The number of carbonyl (C=O) groups excluding carboxylic acids is 1. The van der Waals surface area contributed by atoms with Gasteiger partial charge in [-0.25, -0.2) is 0 Å². The molecule has 4 rings (SSSR count). The van der Waals surface area contributed by atoms with Crippen LogP contribution in [0.15, 0.2) is 42.7 Å². The fourth-order valence-corrected chi connectivity index (χ4v) is 4.13. The SMILES string of the molecule is C.CC[C@H]1C(=O)Nc2c(cc(CCc3cnn(Cc4ccccc4C#N)c3)nc2C)N1C. The zero-order valence-electron chi connectivity index (χ0n) is 18.1. The first-order valence-electron chi connectivity index (χ1n) is 10.5. The van der Waals surface area contributed by atoms with Crippen molar-refractivity contribution in [3.05, 3.63) is 70.8 Å². The Morgan fingerprint density at radius 1 is 1.25 bits per heavy atom. The smallest absolute Gasteiger partial charge is 0.247 e. The summed E-state index contributed by atoms with van der Waals surface area (Å²) in [4.78, 5) is 19.1. The Kier molecular flexibility index (Phi) is 6.94. The van der Waals surface area contributed by atoms with E-state index in [4.69, 9.17) is 4.98 Å². The van der Waals surface area contributed by atoms with Crippen LogP contribution in [0, 0.1) is 18.3 Å². The number of fused-ring (bicyclic) bond motifs is 1. The van der Waals surface area contributed by atoms with Gasteiger partial charge in [0, 0.05) is 18.9 Å². The van der Waals surface area contributed by atoms with Gasteiger partial charge in [0.15, 0.2) is 0 Å². The number of hydrogen-bond acceptors (Lipinski definition) is 5. The summed E-state index contributed by atoms with van der Waals surface area (Å²) < 4.78 is 1.87. The zero-order valence-corrected chi connectivity index (χ0v) is 18.1. The molecule has 0 aliphatic carbocycles. The van der Waals surface area contributed by atoms with E-state index in [0.717, 1.165) is 53.2 Å². The monoisotopic (exact) mass is 430 g/mol. The molecule has 1 aliphatic heterocycles. The van der Waals surface area contributed by atoms with Crippen molar-refractivity contribution in [2.45, 2.75) is 53.1 Å². The fraction of sp³-hybridized carbons (Fsp3) is 0.360. The molecule has 2 aromatic heterocycles. The van der Waals surface area contributed by atoms with E-state index in [2.05, 4.69) is 27.5 Å². The van der Waals surface area contributed by atoms with E-state index < -0.39 is 0 Å². The Bertz CT molecular complexity index is 1160. The fourth-order valence-electron chi connectivity index (χ4n) is 4.13. The molecule has 3 heterocycles. The molecule has 0 saturated heterocycles. The van der Waals surface area contributed by atoms with Crippen LogP contribution in [0.5, 0.6) is 0 Å². The molecule has 0 spiro atoms. The number of benzene rings is 1. The Hall–Kier alpha value is -3.66. The van der Waals surface area contributed by atoms with E-state index in [1.165, 1.54) is 0 Å². The van der Waals surface area contributed by atoms with E-state index in [9.17, 15) is 10.1 Å². The Morgan fingerprint density at radius 3 is 2.78 bits per heavy atom. The van der Waals surface area contributed by atoms with Gasteiger partial charge in [-0.1, -0.05) is 32.5 Å². The predicted molar refractivity (Wildman–Crippen MR) is 127 cm³/mol. The molecule has 1 aliphatic rings. The number of nitrogens with one attached hydrogen (secondary N) is 1. The molecule has 1 N–H and O–H groups in total. The number of hydrogen-bond donors (Lipinski definition) is 1. The van der Waals surface area contributed by atoms with E-state index in [-0.39, 0.29) is 19.4 Å². The number of likely N-dealkylation sites (N-methyl/N-ethyl adjacent to an activating group) is 1. The van der Waals surface area contributed by atoms with Crippen LogP contribution in [-0.4, -0.2) is 33.8 Å². The number of nitriles is 1. The number of aryl methyl sites for hydroxylation is 3. The lowest BCUT2D eigenvalue weighted by atomic mass is 10.0. The molecule has 0 bridgehead atoms. The maximum Gasteiger partial charge on any atom is 0.247 e. The van der Waals surface area contributed by atoms with Crippen LogP contribution >= 0.6 is 0 Å². The largest absolute Gasteiger partial charge is 0.361 e. The van der Waals surface area contributed by atoms with Crippen molar-refractivity contribution < 1.29 is 4.79 Å². The summed E-state index contributed by atoms with van der Waals surface area (Å²) in [6, 6.07) is 11.8. The summed E-state index contributed by atoms with van der Waals surface area (Å²) in [7, 11) is 1.97. The lowest BCUT2D eigenvalue weighted by molar-refractivity contribution is -0.117. The third kappa shape index (κ3) is 4.50. The van der Waals surface area contributed by atoms with Crippen molar-refractivity contribution >= 4 is 17.3 Å². The summed E-state index contributed by atoms with van der Waals surface area (Å²) in [5.74, 6) is 0.0283. The number of amides is 1. The normalized spacial score (nSPS) is 14.9. The van der Waals surface area contributed by atoms with E-state index in [1.54, 1.807) is 0 Å². The summed E-state index contributed by atoms with van der Waals surface area (Å²) >= 11 is 0. The second-order valence-corrected chi connectivity index (χ2v) is 7.93. The second-order valence-electron chi connectivity index (χ2n) is 7.93. The van der Waals surface area contributed by atoms with Crippen LogP contribution in [0.3, 0.4) is 0 Å². The summed E-state index contributed by atoms with van der Waals surface area (Å²) in [6.45, 7) is 4.53. The van der Waals surface area contributed by atoms with E-state index >= 15 is 0 Å². The first-order chi connectivity index (χ1) is 15.0. The van der Waals surface area contributed by atoms with Crippen molar-refractivity contribution in [3.8, 4) is 6.07 Å². The number of carbonyl (C=O) groups is 1. The maximum atomic E-state index is 12.3. The maximum absolute atomic E-state index is 12.3. The van der Waals surface area contributed by atoms with Crippen LogP contribution in [0.2, 0.25) is 0 Å². The molecular weight excluding hydrogens is 400 g/mol. The molecular formula is C25H30N6O. The molecule has 32 heavy (non-hydrogen) atoms. The molecule has 1 aromatic carbocycles. The van der Waals surface area contributed by atoms with Gasteiger partial charge < -0.3 is 10.2 Å². The first kappa shape index (κ1) is 23.0. The number of aromatic nitrogens is 3. The third-order valence-corrected chi connectivity index (χ3v) is 5.84. The lowest BCUT2D eigenvalue weighted by Gasteiger charge is -2.35. The Labute approximate surface area is 189 Å². The second kappa shape index (κ2) is 9.65. The number of rotatable bonds is 6. The summed E-state index contributed by atoms with van der Waals surface area (Å²) in [6.07, 6.45) is 6.26. The topological polar surface area (TPSA) is 86.8 Å². The third-order valence-electron chi connectivity index (χ3n) is 5.84. The van der Waals surface area contributed by atoms with Gasteiger partial charge >= 0.3 is 0 Å². The lowest BCUT2D eigenvalue weighted by Crippen LogP contribution is -2.46. The average molecular weight is 431 g/mol. The molecule has 7 nitrogen and oxygen atoms in total. The van der Waals surface area contributed by atoms with Crippen molar-refractivity contribution in [2.24, 2.45) is 0 Å². The highest BCUT2D eigenvalue weighted by atomic mass is 16.2. The van der Waals surface area contributed by atoms with Crippen molar-refractivity contribution in [3.63, 3.8) is 0 Å². The van der Waals surface area contributed by atoms with Gasteiger partial charge in [-0.05, 0) is 49.4 Å². The standard InChI is InChI=1S/C24H26N6O.CH4/c1-4-21-24(31)28-23-16(2)27-20(11-22(23)29(21)3)10-9-17-13-26-30(14-17)15-19-8-6-5-7-18(19)12-25;/h5-8,11,13-14,21H,4,9-10,15H2,1-3H3,(H,28,31);1H4/t21-;/m0./s1. The molecule has 166 valence electrons. The number of anilines is 2. The van der Waals surface area contributed by atoms with Crippen LogP contribution in [0.1, 0.15) is 48.8 Å². The minimum Gasteiger partial charge on any atom is -0.361 e. The molecule has 0 unspecified atom stereocenters. The van der Waals surface area contributed by atoms with Gasteiger partial charge in [-0.2, -0.15) is 10.4 Å². The van der Waals surface area contributed by atoms with Crippen LogP contribution < -0.4 is 10.2 Å². The highest BCUT2D eigenvalue weighted by Crippen LogP contribution is 2.34. The van der Waals surface area contributed by atoms with Crippen LogP contribution in [0.4, 0.5) is 11.4 Å². The molecule has 0 saturated carbocycles. The molecule has 3 aromatic rings. The van der Waals surface area contributed by atoms with Crippen molar-refractivity contribution in [1.82, 2.24) is 14.8 Å². The van der Waals surface area contributed by atoms with Crippen LogP contribution in [-0.2, 0) is 24.2 Å². The molecule has 0 radical (unpaired) electrons. The Balaban J connectivity index is 0.00000289. The van der Waals surface area contributed by atoms with Crippen LogP contribution in [0.25, 0.3) is 0 Å². The predicted octanol–water partition coefficient (Wildman–Crippen LogP) is 4.09. The van der Waals surface area contributed by atoms with Crippen molar-refractivity contribution in [2.75, 3.05) is 17.3 Å². The van der Waals surface area contributed by atoms with Gasteiger partial charge in [0.05, 0.1) is 41.4 Å². The average Bonchev–Trinajstić information content (AvgIpc) is 3.21. The zero-order chi connectivity index (χ0) is 22.0. The quantitative estimate of drug-likeness (QED) is 0.636. The Morgan fingerprint density at radius 2 is 2.03 bits per heavy atom. The van der Waals surface area contributed by atoms with Gasteiger partial charge in [-0.15, -0.1) is 0 Å². The highest BCUT2D eigenvalue weighted by Gasteiger charge is 2.30. The van der Waals surface area contributed by atoms with Gasteiger partial charge in [0.25, 0.3) is 0 Å². The van der Waals surface area contributed by atoms with Gasteiger partial charge in [-0.3, -0.25) is 14.5 Å². The van der Waals surface area contributed by atoms with Gasteiger partial charge in [0.1, 0.15) is 6.04 Å². The molecule has 7 heteroatoms. The number of pyridine rings is 1. The number of nitrogens with zero attached hydrogens (tertiary/aromatic N) is 5. The molecule has 1 atom stereocenters. The minimum atomic E-state index is -0.156. The van der Waals surface area contributed by atoms with Gasteiger partial charge in [0.2, 0.25) is 5.91 Å². The minimum absolute atomic E-state index is 0. The first-order valence-corrected chi connectivity index (χ1v) is 10.5. The summed E-state index contributed by atoms with van der Waals surface area (Å²) in [5, 5.41) is 16.7. The van der Waals surface area contributed by atoms with E-state index in [0.29, 0.717) is 12.1 Å². The van der Waals surface area contributed by atoms with Crippen molar-refractivity contribution in [1.29, 1.82) is 5.26 Å². The summed E-state index contributed by atoms with van der Waals surface area (Å²) in [5.41, 5.74) is 6.43. The van der Waals surface area contributed by atoms with E-state index in [1.807, 2.05) is 62.2 Å². The highest BCUT2D eigenvalue weighted by molar-refractivity contribution is 6.04.